The van der Waals surface area contributed by atoms with Crippen LogP contribution in [0.25, 0.3) is 0 Å². The van der Waals surface area contributed by atoms with Crippen molar-refractivity contribution in [3.63, 3.8) is 0 Å². The number of ether oxygens (including phenoxy) is 2. The fourth-order valence-corrected chi connectivity index (χ4v) is 2.98. The average molecular weight is 281 g/mol. The molecule has 1 amide bonds. The van der Waals surface area contributed by atoms with Crippen LogP contribution in [0.5, 0.6) is 11.5 Å². The Morgan fingerprint density at radius 1 is 1.05 bits per heavy atom. The van der Waals surface area contributed by atoms with Crippen molar-refractivity contribution < 1.29 is 14.3 Å². The molecule has 1 atom stereocenters. The van der Waals surface area contributed by atoms with Gasteiger partial charge in [-0.1, -0.05) is 30.4 Å². The van der Waals surface area contributed by atoms with E-state index in [2.05, 4.69) is 5.32 Å². The maximum Gasteiger partial charge on any atom is 0.231 e. The number of nitrogens with one attached hydrogen (secondary N) is 1. The molecule has 1 saturated heterocycles. The molecule has 3 aliphatic rings. The highest BCUT2D eigenvalue weighted by atomic mass is 16.7. The number of allylic oxidation sites excluding steroid dienone is 6. The second-order valence-corrected chi connectivity index (χ2v) is 5.42. The summed E-state index contributed by atoms with van der Waals surface area (Å²) in [6, 6.07) is 5.94. The lowest BCUT2D eigenvalue weighted by molar-refractivity contribution is -0.121. The fourth-order valence-electron chi connectivity index (χ4n) is 2.98. The Bertz CT molecular complexity index is 686. The molecule has 0 spiro atoms. The largest absolute Gasteiger partial charge is 0.454 e. The summed E-state index contributed by atoms with van der Waals surface area (Å²) in [5.74, 6) is 1.80. The van der Waals surface area contributed by atoms with E-state index in [4.69, 9.17) is 9.47 Å². The van der Waals surface area contributed by atoms with Crippen LogP contribution >= 0.6 is 0 Å². The van der Waals surface area contributed by atoms with Crippen LogP contribution in [0, 0.1) is 0 Å². The normalized spacial score (nSPS) is 22.9. The summed E-state index contributed by atoms with van der Waals surface area (Å²) < 4.78 is 10.8. The predicted molar refractivity (Wildman–Crippen MR) is 78.0 cm³/mol. The van der Waals surface area contributed by atoms with Crippen molar-refractivity contribution in [3.8, 4) is 11.5 Å². The fraction of sp³-hybridized carbons (Fsp3) is 0.235. The zero-order valence-corrected chi connectivity index (χ0v) is 11.5. The van der Waals surface area contributed by atoms with Crippen molar-refractivity contribution in [2.45, 2.75) is 18.8 Å². The van der Waals surface area contributed by atoms with Gasteiger partial charge >= 0.3 is 0 Å². The lowest BCUT2D eigenvalue weighted by Gasteiger charge is -2.26. The molecule has 1 unspecified atom stereocenters. The van der Waals surface area contributed by atoms with Gasteiger partial charge in [0.05, 0.1) is 0 Å². The molecule has 1 aromatic carbocycles. The van der Waals surface area contributed by atoms with Gasteiger partial charge in [-0.05, 0) is 35.6 Å². The molecule has 21 heavy (non-hydrogen) atoms. The zero-order valence-electron chi connectivity index (χ0n) is 11.5. The molecule has 0 bridgehead atoms. The Balaban J connectivity index is 1.65. The van der Waals surface area contributed by atoms with Crippen LogP contribution in [-0.2, 0) is 4.79 Å². The maximum absolute atomic E-state index is 12.0. The van der Waals surface area contributed by atoms with Gasteiger partial charge in [0.2, 0.25) is 12.7 Å². The summed E-state index contributed by atoms with van der Waals surface area (Å²) in [5.41, 5.74) is 3.21. The second kappa shape index (κ2) is 4.81. The van der Waals surface area contributed by atoms with Gasteiger partial charge in [-0.3, -0.25) is 4.79 Å². The number of amides is 1. The minimum atomic E-state index is 0.0696. The van der Waals surface area contributed by atoms with Gasteiger partial charge in [0, 0.05) is 12.1 Å². The van der Waals surface area contributed by atoms with Crippen LogP contribution in [0.15, 0.2) is 53.8 Å². The molecular formula is C17H15NO3. The summed E-state index contributed by atoms with van der Waals surface area (Å²) in [4.78, 5) is 12.0. The first-order valence-electron chi connectivity index (χ1n) is 7.07. The van der Waals surface area contributed by atoms with Crippen molar-refractivity contribution >= 4 is 5.91 Å². The van der Waals surface area contributed by atoms with E-state index in [-0.39, 0.29) is 18.6 Å². The van der Waals surface area contributed by atoms with Crippen molar-refractivity contribution in [2.24, 2.45) is 0 Å². The highest BCUT2D eigenvalue weighted by molar-refractivity contribution is 5.81. The molecule has 1 aliphatic carbocycles. The molecule has 1 aromatic rings. The van der Waals surface area contributed by atoms with Crippen LogP contribution in [0.2, 0.25) is 0 Å². The van der Waals surface area contributed by atoms with E-state index in [0.717, 1.165) is 34.8 Å². The lowest BCUT2D eigenvalue weighted by atomic mass is 9.87. The topological polar surface area (TPSA) is 47.6 Å². The van der Waals surface area contributed by atoms with Gasteiger partial charge in [0.1, 0.15) is 0 Å². The van der Waals surface area contributed by atoms with E-state index in [0.29, 0.717) is 6.42 Å². The number of carbonyl (C=O) groups is 1. The highest BCUT2D eigenvalue weighted by Gasteiger charge is 2.27. The summed E-state index contributed by atoms with van der Waals surface area (Å²) in [7, 11) is 0. The number of piperidine rings is 1. The second-order valence-electron chi connectivity index (χ2n) is 5.42. The maximum atomic E-state index is 12.0. The minimum absolute atomic E-state index is 0.0696. The smallest absolute Gasteiger partial charge is 0.231 e. The predicted octanol–water partition coefficient (Wildman–Crippen LogP) is 2.79. The highest BCUT2D eigenvalue weighted by Crippen LogP contribution is 2.38. The van der Waals surface area contributed by atoms with Gasteiger partial charge < -0.3 is 14.8 Å². The summed E-state index contributed by atoms with van der Waals surface area (Å²) >= 11 is 0. The monoisotopic (exact) mass is 281 g/mol. The molecule has 1 fully saturated rings. The van der Waals surface area contributed by atoms with Crippen LogP contribution in [-0.4, -0.2) is 12.7 Å². The third-order valence-corrected chi connectivity index (χ3v) is 4.05. The molecule has 0 saturated carbocycles. The first-order chi connectivity index (χ1) is 10.3. The van der Waals surface area contributed by atoms with Gasteiger partial charge in [0.25, 0.3) is 0 Å². The third kappa shape index (κ3) is 2.23. The molecule has 0 radical (unpaired) electrons. The number of rotatable bonds is 1. The van der Waals surface area contributed by atoms with E-state index < -0.39 is 0 Å². The molecule has 106 valence electrons. The van der Waals surface area contributed by atoms with Crippen molar-refractivity contribution in [1.29, 1.82) is 0 Å². The van der Waals surface area contributed by atoms with E-state index in [9.17, 15) is 4.79 Å². The Hall–Kier alpha value is -2.49. The zero-order chi connectivity index (χ0) is 14.2. The first-order valence-corrected chi connectivity index (χ1v) is 7.07. The Morgan fingerprint density at radius 2 is 1.86 bits per heavy atom. The van der Waals surface area contributed by atoms with E-state index in [1.807, 2.05) is 42.5 Å². The van der Waals surface area contributed by atoms with Crippen molar-refractivity contribution in [2.75, 3.05) is 6.79 Å². The van der Waals surface area contributed by atoms with Crippen molar-refractivity contribution in [1.82, 2.24) is 5.32 Å². The molecule has 4 nitrogen and oxygen atoms in total. The molecule has 2 heterocycles. The van der Waals surface area contributed by atoms with Crippen LogP contribution in [0.3, 0.4) is 0 Å². The third-order valence-electron chi connectivity index (χ3n) is 4.05. The SMILES string of the molecule is O=C1CC(c2ccc3c(c2)OCO3)CC(=C2C=CC=C2)N1. The van der Waals surface area contributed by atoms with Crippen LogP contribution in [0.1, 0.15) is 24.3 Å². The molecule has 4 heteroatoms. The summed E-state index contributed by atoms with van der Waals surface area (Å²) in [5, 5.41) is 2.99. The standard InChI is InChI=1S/C17H15NO3/c19-17-9-13(7-14(18-17)11-3-1-2-4-11)12-5-6-15-16(8-12)21-10-20-15/h1-6,8,13H,7,9-10H2,(H,18,19). The van der Waals surface area contributed by atoms with Gasteiger partial charge in [-0.2, -0.15) is 0 Å². The number of carbonyl (C=O) groups excluding carboxylic acids is 1. The number of benzene rings is 1. The van der Waals surface area contributed by atoms with Gasteiger partial charge in [0.15, 0.2) is 11.5 Å². The first kappa shape index (κ1) is 12.3. The number of hydrogen-bond acceptors (Lipinski definition) is 3. The lowest BCUT2D eigenvalue weighted by Crippen LogP contribution is -2.31. The summed E-state index contributed by atoms with van der Waals surface area (Å²) in [6.07, 6.45) is 9.35. The minimum Gasteiger partial charge on any atom is -0.454 e. The molecule has 1 N–H and O–H groups in total. The van der Waals surface area contributed by atoms with E-state index in [1.54, 1.807) is 0 Å². The summed E-state index contributed by atoms with van der Waals surface area (Å²) in [6.45, 7) is 0.273. The molecule has 2 aliphatic heterocycles. The molecule has 0 aromatic heterocycles. The van der Waals surface area contributed by atoms with Crippen LogP contribution in [0.4, 0.5) is 0 Å². The van der Waals surface area contributed by atoms with Gasteiger partial charge in [-0.15, -0.1) is 0 Å². The Kier molecular flexibility index (Phi) is 2.81. The Morgan fingerprint density at radius 3 is 2.71 bits per heavy atom. The molecule has 4 rings (SSSR count). The van der Waals surface area contributed by atoms with E-state index >= 15 is 0 Å². The number of hydrogen-bond donors (Lipinski definition) is 1. The number of fused-ring (bicyclic) bond motifs is 1. The average Bonchev–Trinajstić information content (AvgIpc) is 3.17. The molecular weight excluding hydrogens is 266 g/mol. The van der Waals surface area contributed by atoms with Crippen molar-refractivity contribution in [3.05, 3.63) is 59.3 Å². The van der Waals surface area contributed by atoms with Gasteiger partial charge in [-0.25, -0.2) is 0 Å². The van der Waals surface area contributed by atoms with Crippen LogP contribution < -0.4 is 14.8 Å². The van der Waals surface area contributed by atoms with E-state index in [1.165, 1.54) is 0 Å². The Labute approximate surface area is 122 Å². The quantitative estimate of drug-likeness (QED) is 0.861.